The lowest BCUT2D eigenvalue weighted by atomic mass is 9.78. The Morgan fingerprint density at radius 3 is 2.26 bits per heavy atom. The molecule has 1 amide bonds. The molecule has 9 heteroatoms. The molecule has 0 saturated heterocycles. The molecule has 5 N–H and O–H groups in total. The number of fused-ring (bicyclic) bond motifs is 1. The van der Waals surface area contributed by atoms with Gasteiger partial charge in [0.1, 0.15) is 11.8 Å². The largest absolute Gasteiger partial charge is 0.497 e. The number of carbonyl (C=O) groups excluding carboxylic acids is 1. The van der Waals surface area contributed by atoms with Crippen molar-refractivity contribution >= 4 is 11.9 Å². The van der Waals surface area contributed by atoms with Crippen LogP contribution in [0, 0.1) is 5.41 Å². The molecule has 1 atom stereocenters. The van der Waals surface area contributed by atoms with E-state index in [2.05, 4.69) is 10.6 Å². The number of rotatable bonds is 9. The van der Waals surface area contributed by atoms with Crippen molar-refractivity contribution in [3.05, 3.63) is 70.8 Å². The fourth-order valence-corrected chi connectivity index (χ4v) is 5.96. The van der Waals surface area contributed by atoms with Crippen molar-refractivity contribution in [2.75, 3.05) is 13.7 Å². The summed E-state index contributed by atoms with van der Waals surface area (Å²) in [6.45, 7) is 1.21. The molecule has 3 aromatic rings. The fraction of sp³-hybridized carbons (Fsp3) is 0.400. The first-order valence-electron chi connectivity index (χ1n) is 13.4. The molecule has 1 fully saturated rings. The number of aromatic nitrogens is 1. The Hall–Kier alpha value is -3.98. The van der Waals surface area contributed by atoms with Gasteiger partial charge in [-0.1, -0.05) is 37.1 Å². The highest BCUT2D eigenvalue weighted by atomic mass is 16.5. The molecule has 0 radical (unpaired) electrons. The van der Waals surface area contributed by atoms with Crippen LogP contribution in [0.25, 0.3) is 5.69 Å². The van der Waals surface area contributed by atoms with Crippen LogP contribution < -0.4 is 15.4 Å². The van der Waals surface area contributed by atoms with Crippen molar-refractivity contribution in [3.63, 3.8) is 0 Å². The molecule has 1 aliphatic carbocycles. The minimum atomic E-state index is -1.09. The van der Waals surface area contributed by atoms with E-state index in [1.54, 1.807) is 31.4 Å². The number of hydrogen-bond donors (Lipinski definition) is 5. The van der Waals surface area contributed by atoms with Gasteiger partial charge < -0.3 is 30.7 Å². The third-order valence-electron chi connectivity index (χ3n) is 8.16. The van der Waals surface area contributed by atoms with Crippen LogP contribution in [0.1, 0.15) is 47.9 Å². The van der Waals surface area contributed by atoms with Crippen molar-refractivity contribution in [2.45, 2.75) is 57.5 Å². The maximum atomic E-state index is 13.5. The minimum absolute atomic E-state index is 0.00292. The third-order valence-corrected chi connectivity index (χ3v) is 8.16. The lowest BCUT2D eigenvalue weighted by Crippen LogP contribution is -2.49. The van der Waals surface area contributed by atoms with Crippen molar-refractivity contribution in [1.29, 1.82) is 0 Å². The molecule has 206 valence electrons. The van der Waals surface area contributed by atoms with Gasteiger partial charge in [0, 0.05) is 24.1 Å². The quantitative estimate of drug-likeness (QED) is 0.285. The Morgan fingerprint density at radius 2 is 1.64 bits per heavy atom. The number of carboxylic acid groups (broad SMARTS) is 1. The van der Waals surface area contributed by atoms with E-state index >= 15 is 0 Å². The Morgan fingerprint density at radius 1 is 1.00 bits per heavy atom. The zero-order valence-electron chi connectivity index (χ0n) is 22.1. The van der Waals surface area contributed by atoms with Gasteiger partial charge in [0.2, 0.25) is 17.7 Å². The molecule has 2 heterocycles. The summed E-state index contributed by atoms with van der Waals surface area (Å²) in [6.07, 6.45) is 4.59. The number of hydrogen-bond acceptors (Lipinski definition) is 6. The number of carbonyl (C=O) groups is 2. The first-order chi connectivity index (χ1) is 18.8. The van der Waals surface area contributed by atoms with Crippen LogP contribution in [0.15, 0.2) is 48.5 Å². The SMILES string of the molecule is COc1ccc(CC2(C(=O)NC(Cc3ccc(-n4c(O)c5c(c4O)CNCC5)cc3)C(=O)O)CCCC2)cc1. The molecule has 9 nitrogen and oxygen atoms in total. The smallest absolute Gasteiger partial charge is 0.326 e. The van der Waals surface area contributed by atoms with E-state index in [-0.39, 0.29) is 24.1 Å². The van der Waals surface area contributed by atoms with Crippen molar-refractivity contribution in [1.82, 2.24) is 15.2 Å². The second-order valence-corrected chi connectivity index (χ2v) is 10.6. The number of aliphatic carboxylic acids is 1. The summed E-state index contributed by atoms with van der Waals surface area (Å²) in [5.41, 5.74) is 3.10. The molecule has 1 aliphatic heterocycles. The number of methoxy groups -OCH3 is 1. The number of aromatic hydroxyl groups is 2. The Labute approximate surface area is 227 Å². The monoisotopic (exact) mass is 533 g/mol. The van der Waals surface area contributed by atoms with Gasteiger partial charge >= 0.3 is 5.97 Å². The second kappa shape index (κ2) is 11.0. The summed E-state index contributed by atoms with van der Waals surface area (Å²) in [5.74, 6) is -0.547. The van der Waals surface area contributed by atoms with E-state index in [1.165, 1.54) is 4.57 Å². The van der Waals surface area contributed by atoms with Gasteiger partial charge in [-0.25, -0.2) is 4.79 Å². The Bertz CT molecular complexity index is 1310. The molecule has 1 aromatic heterocycles. The average molecular weight is 534 g/mol. The highest BCUT2D eigenvalue weighted by Crippen LogP contribution is 2.42. The summed E-state index contributed by atoms with van der Waals surface area (Å²) in [4.78, 5) is 25.7. The van der Waals surface area contributed by atoms with Gasteiger partial charge in [-0.3, -0.25) is 9.36 Å². The first-order valence-corrected chi connectivity index (χ1v) is 13.4. The van der Waals surface area contributed by atoms with Gasteiger partial charge in [0.25, 0.3) is 0 Å². The normalized spacial score (nSPS) is 16.8. The molecule has 2 aliphatic rings. The summed E-state index contributed by atoms with van der Waals surface area (Å²) >= 11 is 0. The molecule has 39 heavy (non-hydrogen) atoms. The summed E-state index contributed by atoms with van der Waals surface area (Å²) in [7, 11) is 1.61. The van der Waals surface area contributed by atoms with Crippen LogP contribution in [-0.4, -0.2) is 51.5 Å². The predicted octanol–water partition coefficient (Wildman–Crippen LogP) is 3.46. The maximum Gasteiger partial charge on any atom is 0.326 e. The van der Waals surface area contributed by atoms with Crippen molar-refractivity contribution in [3.8, 4) is 23.2 Å². The van der Waals surface area contributed by atoms with E-state index < -0.39 is 17.4 Å². The summed E-state index contributed by atoms with van der Waals surface area (Å²) < 4.78 is 6.64. The number of carboxylic acids is 1. The van der Waals surface area contributed by atoms with Gasteiger partial charge in [-0.15, -0.1) is 0 Å². The van der Waals surface area contributed by atoms with Crippen molar-refractivity contribution < 1.29 is 29.6 Å². The average Bonchev–Trinajstić information content (AvgIpc) is 3.52. The molecule has 5 rings (SSSR count). The second-order valence-electron chi connectivity index (χ2n) is 10.6. The van der Waals surface area contributed by atoms with Crippen LogP contribution in [-0.2, 0) is 35.4 Å². The number of benzene rings is 2. The summed E-state index contributed by atoms with van der Waals surface area (Å²) in [6, 6.07) is 13.6. The van der Waals surface area contributed by atoms with E-state index in [4.69, 9.17) is 4.74 Å². The van der Waals surface area contributed by atoms with Crippen LogP contribution in [0.5, 0.6) is 17.5 Å². The predicted molar refractivity (Wildman–Crippen MR) is 145 cm³/mol. The minimum Gasteiger partial charge on any atom is -0.497 e. The summed E-state index contributed by atoms with van der Waals surface area (Å²) in [5, 5.41) is 37.4. The number of ether oxygens (including phenoxy) is 1. The van der Waals surface area contributed by atoms with Crippen molar-refractivity contribution in [2.24, 2.45) is 5.41 Å². The van der Waals surface area contributed by atoms with Gasteiger partial charge in [0.15, 0.2) is 0 Å². The lowest BCUT2D eigenvalue weighted by Gasteiger charge is -2.29. The topological polar surface area (TPSA) is 133 Å². The number of nitrogens with zero attached hydrogens (tertiary/aromatic N) is 1. The molecule has 1 unspecified atom stereocenters. The number of nitrogens with one attached hydrogen (secondary N) is 2. The van der Waals surface area contributed by atoms with Gasteiger partial charge in [0.05, 0.1) is 18.2 Å². The van der Waals surface area contributed by atoms with Crippen LogP contribution in [0.4, 0.5) is 0 Å². The van der Waals surface area contributed by atoms with E-state index in [0.29, 0.717) is 30.6 Å². The molecular formula is C30H35N3O6. The van der Waals surface area contributed by atoms with Crippen LogP contribution in [0.2, 0.25) is 0 Å². The molecule has 0 spiro atoms. The van der Waals surface area contributed by atoms with Crippen LogP contribution in [0.3, 0.4) is 0 Å². The van der Waals surface area contributed by atoms with E-state index in [0.717, 1.165) is 54.7 Å². The highest BCUT2D eigenvalue weighted by molar-refractivity contribution is 5.88. The lowest BCUT2D eigenvalue weighted by molar-refractivity contribution is -0.143. The third kappa shape index (κ3) is 5.31. The zero-order chi connectivity index (χ0) is 27.6. The van der Waals surface area contributed by atoms with Crippen LogP contribution >= 0.6 is 0 Å². The zero-order valence-corrected chi connectivity index (χ0v) is 22.1. The molecule has 0 bridgehead atoms. The fourth-order valence-electron chi connectivity index (χ4n) is 5.96. The molecular weight excluding hydrogens is 498 g/mol. The van der Waals surface area contributed by atoms with Gasteiger partial charge in [-0.05, 0) is 67.6 Å². The Balaban J connectivity index is 1.30. The maximum absolute atomic E-state index is 13.5. The van der Waals surface area contributed by atoms with E-state index in [9.17, 15) is 24.9 Å². The number of amides is 1. The van der Waals surface area contributed by atoms with E-state index in [1.807, 2.05) is 24.3 Å². The first kappa shape index (κ1) is 26.6. The standard InChI is InChI=1S/C30H35N3O6/c1-39-22-10-6-20(7-11-22)17-30(13-2-3-14-30)29(38)32-25(28(36)37)16-19-4-8-21(9-5-19)33-26(34)23-12-15-31-18-24(23)27(33)35/h4-11,25,31,34-35H,2-3,12-18H2,1H3,(H,32,38)(H,36,37). The molecule has 1 saturated carbocycles. The van der Waals surface area contributed by atoms with Gasteiger partial charge in [-0.2, -0.15) is 0 Å². The Kier molecular flexibility index (Phi) is 7.52. The highest BCUT2D eigenvalue weighted by Gasteiger charge is 2.42. The molecule has 2 aromatic carbocycles.